The minimum atomic E-state index is 0.665. The van der Waals surface area contributed by atoms with E-state index >= 15 is 0 Å². The normalized spacial score (nSPS) is 10.9. The Morgan fingerprint density at radius 2 is 2.12 bits per heavy atom. The Balaban J connectivity index is 2.27. The molecule has 0 aliphatic carbocycles. The molecule has 2 aromatic heterocycles. The molecule has 3 nitrogen and oxygen atoms in total. The van der Waals surface area contributed by atoms with Gasteiger partial charge in [-0.15, -0.1) is 0 Å². The Bertz CT molecular complexity index is 688. The first-order chi connectivity index (χ1) is 8.25. The standard InChI is InChI=1S/C13H10ClN3/c1-17-5-4-16-13(17)9-2-3-10-7-15-8-12(14)11(10)6-9/h2-8H,1H3. The zero-order valence-corrected chi connectivity index (χ0v) is 10.0. The summed E-state index contributed by atoms with van der Waals surface area (Å²) in [5.74, 6) is 0.930. The third-order valence-electron chi connectivity index (χ3n) is 2.79. The number of imidazole rings is 1. The molecule has 0 N–H and O–H groups in total. The van der Waals surface area contributed by atoms with Crippen molar-refractivity contribution in [1.82, 2.24) is 14.5 Å². The number of halogens is 1. The Morgan fingerprint density at radius 3 is 2.88 bits per heavy atom. The summed E-state index contributed by atoms with van der Waals surface area (Å²) in [5, 5.41) is 2.70. The summed E-state index contributed by atoms with van der Waals surface area (Å²) in [5.41, 5.74) is 1.05. The number of aromatic nitrogens is 3. The van der Waals surface area contributed by atoms with Gasteiger partial charge in [-0.05, 0) is 6.07 Å². The highest BCUT2D eigenvalue weighted by Crippen LogP contribution is 2.27. The van der Waals surface area contributed by atoms with E-state index in [-0.39, 0.29) is 0 Å². The predicted octanol–water partition coefficient (Wildman–Crippen LogP) is 3.29. The minimum Gasteiger partial charge on any atom is -0.334 e. The van der Waals surface area contributed by atoms with Crippen LogP contribution in [0.25, 0.3) is 22.2 Å². The molecule has 0 saturated heterocycles. The zero-order chi connectivity index (χ0) is 11.8. The van der Waals surface area contributed by atoms with Crippen molar-refractivity contribution in [2.75, 3.05) is 0 Å². The van der Waals surface area contributed by atoms with E-state index in [0.717, 1.165) is 22.2 Å². The molecule has 0 fully saturated rings. The highest BCUT2D eigenvalue weighted by molar-refractivity contribution is 6.35. The van der Waals surface area contributed by atoms with E-state index in [1.807, 2.05) is 42.2 Å². The lowest BCUT2D eigenvalue weighted by Gasteiger charge is -2.04. The van der Waals surface area contributed by atoms with Crippen LogP contribution in [0.4, 0.5) is 0 Å². The van der Waals surface area contributed by atoms with Crippen molar-refractivity contribution in [3.8, 4) is 11.4 Å². The van der Waals surface area contributed by atoms with Crippen molar-refractivity contribution in [3.63, 3.8) is 0 Å². The monoisotopic (exact) mass is 243 g/mol. The molecule has 0 unspecified atom stereocenters. The van der Waals surface area contributed by atoms with Crippen LogP contribution >= 0.6 is 11.6 Å². The molecule has 0 amide bonds. The van der Waals surface area contributed by atoms with E-state index in [2.05, 4.69) is 9.97 Å². The maximum Gasteiger partial charge on any atom is 0.139 e. The number of benzene rings is 1. The van der Waals surface area contributed by atoms with E-state index in [9.17, 15) is 0 Å². The summed E-state index contributed by atoms with van der Waals surface area (Å²) in [6.07, 6.45) is 7.18. The van der Waals surface area contributed by atoms with Crippen molar-refractivity contribution >= 4 is 22.4 Å². The van der Waals surface area contributed by atoms with E-state index in [4.69, 9.17) is 11.6 Å². The molecule has 0 atom stereocenters. The summed E-state index contributed by atoms with van der Waals surface area (Å²) in [7, 11) is 1.97. The van der Waals surface area contributed by atoms with Crippen molar-refractivity contribution in [3.05, 3.63) is 48.0 Å². The molecule has 0 radical (unpaired) electrons. The maximum atomic E-state index is 6.14. The zero-order valence-electron chi connectivity index (χ0n) is 9.26. The summed E-state index contributed by atoms with van der Waals surface area (Å²) in [6.45, 7) is 0. The molecular weight excluding hydrogens is 234 g/mol. The van der Waals surface area contributed by atoms with E-state index < -0.39 is 0 Å². The summed E-state index contributed by atoms with van der Waals surface area (Å²) >= 11 is 6.14. The van der Waals surface area contributed by atoms with Crippen molar-refractivity contribution in [1.29, 1.82) is 0 Å². The Kier molecular flexibility index (Phi) is 2.34. The number of nitrogens with zero attached hydrogens (tertiary/aromatic N) is 3. The average Bonchev–Trinajstić information content (AvgIpc) is 2.76. The highest BCUT2D eigenvalue weighted by atomic mass is 35.5. The molecule has 2 heterocycles. The Labute approximate surface area is 104 Å². The second-order valence-corrected chi connectivity index (χ2v) is 4.33. The van der Waals surface area contributed by atoms with Gasteiger partial charge < -0.3 is 4.57 Å². The van der Waals surface area contributed by atoms with E-state index in [0.29, 0.717) is 5.02 Å². The maximum absolute atomic E-state index is 6.14. The number of fused-ring (bicyclic) bond motifs is 1. The van der Waals surface area contributed by atoms with Crippen LogP contribution in [0.15, 0.2) is 43.0 Å². The molecular formula is C13H10ClN3. The molecule has 0 bridgehead atoms. The van der Waals surface area contributed by atoms with Crippen LogP contribution in [0, 0.1) is 0 Å². The lowest BCUT2D eigenvalue weighted by atomic mass is 10.1. The van der Waals surface area contributed by atoms with Crippen LogP contribution in [-0.2, 0) is 7.05 Å². The lowest BCUT2D eigenvalue weighted by molar-refractivity contribution is 0.925. The SMILES string of the molecule is Cn1ccnc1-c1ccc2cncc(Cl)c2c1. The number of hydrogen-bond acceptors (Lipinski definition) is 2. The van der Waals surface area contributed by atoms with Crippen LogP contribution in [0.3, 0.4) is 0 Å². The van der Waals surface area contributed by atoms with Gasteiger partial charge in [-0.25, -0.2) is 4.98 Å². The number of aryl methyl sites for hydroxylation is 1. The van der Waals surface area contributed by atoms with Gasteiger partial charge in [-0.1, -0.05) is 23.7 Å². The Morgan fingerprint density at radius 1 is 1.24 bits per heavy atom. The molecule has 0 aliphatic rings. The number of hydrogen-bond donors (Lipinski definition) is 0. The third-order valence-corrected chi connectivity index (χ3v) is 3.09. The van der Waals surface area contributed by atoms with Crippen molar-refractivity contribution in [2.45, 2.75) is 0 Å². The van der Waals surface area contributed by atoms with Gasteiger partial charge in [0.25, 0.3) is 0 Å². The van der Waals surface area contributed by atoms with Crippen LogP contribution in [0.1, 0.15) is 0 Å². The van der Waals surface area contributed by atoms with Gasteiger partial charge in [0.2, 0.25) is 0 Å². The fourth-order valence-electron chi connectivity index (χ4n) is 1.91. The molecule has 17 heavy (non-hydrogen) atoms. The molecule has 1 aromatic carbocycles. The lowest BCUT2D eigenvalue weighted by Crippen LogP contribution is -1.91. The van der Waals surface area contributed by atoms with Crippen LogP contribution < -0.4 is 0 Å². The number of rotatable bonds is 1. The van der Waals surface area contributed by atoms with Gasteiger partial charge in [0.15, 0.2) is 0 Å². The molecule has 3 rings (SSSR count). The predicted molar refractivity (Wildman–Crippen MR) is 69.0 cm³/mol. The molecule has 84 valence electrons. The second kappa shape index (κ2) is 3.86. The van der Waals surface area contributed by atoms with Gasteiger partial charge in [-0.2, -0.15) is 0 Å². The van der Waals surface area contributed by atoms with E-state index in [1.165, 1.54) is 0 Å². The van der Waals surface area contributed by atoms with Gasteiger partial charge in [0.1, 0.15) is 5.82 Å². The van der Waals surface area contributed by atoms with Crippen molar-refractivity contribution in [2.24, 2.45) is 7.05 Å². The third kappa shape index (κ3) is 1.68. The van der Waals surface area contributed by atoms with Gasteiger partial charge in [-0.3, -0.25) is 4.98 Å². The topological polar surface area (TPSA) is 30.7 Å². The van der Waals surface area contributed by atoms with Gasteiger partial charge in [0.05, 0.1) is 5.02 Å². The van der Waals surface area contributed by atoms with E-state index in [1.54, 1.807) is 12.4 Å². The van der Waals surface area contributed by atoms with Crippen LogP contribution in [0.5, 0.6) is 0 Å². The average molecular weight is 244 g/mol. The number of pyridine rings is 1. The first kappa shape index (κ1) is 10.3. The molecule has 4 heteroatoms. The fourth-order valence-corrected chi connectivity index (χ4v) is 2.13. The molecule has 0 spiro atoms. The molecule has 0 saturated carbocycles. The summed E-state index contributed by atoms with van der Waals surface area (Å²) < 4.78 is 1.98. The first-order valence-electron chi connectivity index (χ1n) is 5.26. The molecule has 0 aliphatic heterocycles. The Hall–Kier alpha value is -1.87. The van der Waals surface area contributed by atoms with Gasteiger partial charge in [0, 0.05) is 48.2 Å². The quantitative estimate of drug-likeness (QED) is 0.657. The molecule has 3 aromatic rings. The minimum absolute atomic E-state index is 0.665. The van der Waals surface area contributed by atoms with Crippen molar-refractivity contribution < 1.29 is 0 Å². The second-order valence-electron chi connectivity index (χ2n) is 3.92. The smallest absolute Gasteiger partial charge is 0.139 e. The summed E-state index contributed by atoms with van der Waals surface area (Å²) in [4.78, 5) is 8.40. The van der Waals surface area contributed by atoms with Gasteiger partial charge >= 0.3 is 0 Å². The fraction of sp³-hybridized carbons (Fsp3) is 0.0769. The summed E-state index contributed by atoms with van der Waals surface area (Å²) in [6, 6.07) is 6.09. The van der Waals surface area contributed by atoms with Crippen LogP contribution in [0.2, 0.25) is 5.02 Å². The largest absolute Gasteiger partial charge is 0.334 e. The highest BCUT2D eigenvalue weighted by Gasteiger charge is 2.06. The first-order valence-corrected chi connectivity index (χ1v) is 5.64. The van der Waals surface area contributed by atoms with Crippen LogP contribution in [-0.4, -0.2) is 14.5 Å².